The van der Waals surface area contributed by atoms with E-state index in [0.29, 0.717) is 39.0 Å². The molecule has 0 radical (unpaired) electrons. The number of carbonyl (C=O) groups excluding carboxylic acids is 3. The first-order chi connectivity index (χ1) is 12.5. The van der Waals surface area contributed by atoms with E-state index in [2.05, 4.69) is 11.9 Å². The molecule has 0 saturated carbocycles. The zero-order valence-corrected chi connectivity index (χ0v) is 15.1. The van der Waals surface area contributed by atoms with Crippen molar-refractivity contribution in [2.75, 3.05) is 13.1 Å². The molecule has 138 valence electrons. The standard InChI is InChI=1S/C20H25N3O3/c1-3-18(24)22-10-8-15(9-11-22)19(25)21-14(2)20(26)23-12-16-6-4-5-7-17(16)13-23/h3-7,14-15H,1,8-13H2,2H3,(H,21,25)/t14-/m0/s1. The third kappa shape index (κ3) is 3.79. The number of rotatable bonds is 4. The average molecular weight is 355 g/mol. The van der Waals surface area contributed by atoms with Crippen molar-refractivity contribution < 1.29 is 14.4 Å². The van der Waals surface area contributed by atoms with E-state index in [4.69, 9.17) is 0 Å². The Balaban J connectivity index is 1.50. The van der Waals surface area contributed by atoms with E-state index in [0.717, 1.165) is 0 Å². The van der Waals surface area contributed by atoms with Gasteiger partial charge in [0.15, 0.2) is 0 Å². The van der Waals surface area contributed by atoms with Crippen molar-refractivity contribution in [2.45, 2.75) is 38.9 Å². The van der Waals surface area contributed by atoms with Crippen molar-refractivity contribution in [3.8, 4) is 0 Å². The summed E-state index contributed by atoms with van der Waals surface area (Å²) in [6.45, 7) is 7.51. The number of nitrogens with one attached hydrogen (secondary N) is 1. The van der Waals surface area contributed by atoms with Crippen LogP contribution < -0.4 is 5.32 Å². The second-order valence-electron chi connectivity index (χ2n) is 7.00. The largest absolute Gasteiger partial charge is 0.344 e. The molecule has 2 aliphatic rings. The Hall–Kier alpha value is -2.63. The molecule has 0 aromatic heterocycles. The smallest absolute Gasteiger partial charge is 0.245 e. The van der Waals surface area contributed by atoms with Crippen LogP contribution in [-0.4, -0.2) is 46.7 Å². The first-order valence-electron chi connectivity index (χ1n) is 9.07. The Bertz CT molecular complexity index is 698. The summed E-state index contributed by atoms with van der Waals surface area (Å²) in [5.41, 5.74) is 2.33. The van der Waals surface area contributed by atoms with Crippen LogP contribution >= 0.6 is 0 Å². The van der Waals surface area contributed by atoms with E-state index in [1.807, 2.05) is 24.3 Å². The van der Waals surface area contributed by atoms with E-state index in [1.165, 1.54) is 17.2 Å². The molecule has 2 aliphatic heterocycles. The lowest BCUT2D eigenvalue weighted by Crippen LogP contribution is -2.49. The van der Waals surface area contributed by atoms with Gasteiger partial charge in [-0.25, -0.2) is 0 Å². The third-order valence-corrected chi connectivity index (χ3v) is 5.23. The average Bonchev–Trinajstić information content (AvgIpc) is 3.10. The molecule has 26 heavy (non-hydrogen) atoms. The number of nitrogens with zero attached hydrogens (tertiary/aromatic N) is 2. The zero-order chi connectivity index (χ0) is 18.7. The lowest BCUT2D eigenvalue weighted by molar-refractivity contribution is -0.138. The molecule has 1 atom stereocenters. The Morgan fingerprint density at radius 3 is 2.23 bits per heavy atom. The van der Waals surface area contributed by atoms with Gasteiger partial charge in [-0.2, -0.15) is 0 Å². The fourth-order valence-corrected chi connectivity index (χ4v) is 3.65. The Morgan fingerprint density at radius 1 is 1.12 bits per heavy atom. The molecule has 6 nitrogen and oxygen atoms in total. The highest BCUT2D eigenvalue weighted by Gasteiger charge is 2.31. The van der Waals surface area contributed by atoms with E-state index in [-0.39, 0.29) is 23.6 Å². The van der Waals surface area contributed by atoms with E-state index >= 15 is 0 Å². The van der Waals surface area contributed by atoms with Crippen molar-refractivity contribution in [3.05, 3.63) is 48.0 Å². The number of likely N-dealkylation sites (tertiary alicyclic amines) is 1. The molecule has 1 saturated heterocycles. The van der Waals surface area contributed by atoms with Crippen LogP contribution in [0.15, 0.2) is 36.9 Å². The summed E-state index contributed by atoms with van der Waals surface area (Å²) >= 11 is 0. The van der Waals surface area contributed by atoms with Crippen LogP contribution in [0.4, 0.5) is 0 Å². The second-order valence-corrected chi connectivity index (χ2v) is 7.00. The molecule has 0 bridgehead atoms. The van der Waals surface area contributed by atoms with Gasteiger partial charge in [0, 0.05) is 32.1 Å². The summed E-state index contributed by atoms with van der Waals surface area (Å²) in [6.07, 6.45) is 2.53. The quantitative estimate of drug-likeness (QED) is 0.832. The molecule has 0 aliphatic carbocycles. The lowest BCUT2D eigenvalue weighted by atomic mass is 9.95. The Morgan fingerprint density at radius 2 is 1.69 bits per heavy atom. The predicted molar refractivity (Wildman–Crippen MR) is 97.8 cm³/mol. The minimum Gasteiger partial charge on any atom is -0.344 e. The molecule has 1 aromatic rings. The predicted octanol–water partition coefficient (Wildman–Crippen LogP) is 1.46. The van der Waals surface area contributed by atoms with Crippen LogP contribution in [0.25, 0.3) is 0 Å². The highest BCUT2D eigenvalue weighted by Crippen LogP contribution is 2.23. The van der Waals surface area contributed by atoms with Crippen LogP contribution in [-0.2, 0) is 27.5 Å². The third-order valence-electron chi connectivity index (χ3n) is 5.23. The van der Waals surface area contributed by atoms with Gasteiger partial charge in [0.25, 0.3) is 0 Å². The van der Waals surface area contributed by atoms with E-state index in [9.17, 15) is 14.4 Å². The molecule has 0 spiro atoms. The molecular formula is C20H25N3O3. The maximum Gasteiger partial charge on any atom is 0.245 e. The monoisotopic (exact) mass is 355 g/mol. The fraction of sp³-hybridized carbons (Fsp3) is 0.450. The molecule has 6 heteroatoms. The van der Waals surface area contributed by atoms with Gasteiger partial charge in [0.1, 0.15) is 6.04 Å². The van der Waals surface area contributed by atoms with Gasteiger partial charge >= 0.3 is 0 Å². The Labute approximate surface area is 153 Å². The number of hydrogen-bond acceptors (Lipinski definition) is 3. The van der Waals surface area contributed by atoms with Gasteiger partial charge in [0.2, 0.25) is 17.7 Å². The van der Waals surface area contributed by atoms with Crippen LogP contribution in [0.1, 0.15) is 30.9 Å². The molecule has 3 rings (SSSR count). The highest BCUT2D eigenvalue weighted by atomic mass is 16.2. The topological polar surface area (TPSA) is 69.7 Å². The first kappa shape index (κ1) is 18.2. The van der Waals surface area contributed by atoms with Gasteiger partial charge < -0.3 is 15.1 Å². The number of piperidine rings is 1. The molecule has 3 amide bonds. The maximum absolute atomic E-state index is 12.7. The molecule has 1 aromatic carbocycles. The van der Waals surface area contributed by atoms with Crippen molar-refractivity contribution in [2.24, 2.45) is 5.92 Å². The second kappa shape index (κ2) is 7.72. The minimum atomic E-state index is -0.551. The van der Waals surface area contributed by atoms with Crippen LogP contribution in [0, 0.1) is 5.92 Å². The van der Waals surface area contributed by atoms with E-state index < -0.39 is 6.04 Å². The number of fused-ring (bicyclic) bond motifs is 1. The molecule has 1 fully saturated rings. The van der Waals surface area contributed by atoms with Crippen molar-refractivity contribution in [1.29, 1.82) is 0 Å². The fourth-order valence-electron chi connectivity index (χ4n) is 3.65. The molecule has 1 N–H and O–H groups in total. The van der Waals surface area contributed by atoms with Gasteiger partial charge in [-0.15, -0.1) is 0 Å². The SMILES string of the molecule is C=CC(=O)N1CCC(C(=O)N[C@@H](C)C(=O)N2Cc3ccccc3C2)CC1. The summed E-state index contributed by atoms with van der Waals surface area (Å²) < 4.78 is 0. The number of carbonyl (C=O) groups is 3. The van der Waals surface area contributed by atoms with Gasteiger partial charge in [0.05, 0.1) is 0 Å². The number of amides is 3. The molecule has 2 heterocycles. The summed E-state index contributed by atoms with van der Waals surface area (Å²) in [4.78, 5) is 40.2. The van der Waals surface area contributed by atoms with Crippen LogP contribution in [0.3, 0.4) is 0 Å². The Kier molecular flexibility index (Phi) is 5.40. The molecular weight excluding hydrogens is 330 g/mol. The number of hydrogen-bond donors (Lipinski definition) is 1. The first-order valence-corrected chi connectivity index (χ1v) is 9.07. The summed E-state index contributed by atoms with van der Waals surface area (Å²) in [6, 6.07) is 7.46. The highest BCUT2D eigenvalue weighted by molar-refractivity contribution is 5.89. The summed E-state index contributed by atoms with van der Waals surface area (Å²) in [5.74, 6) is -0.419. The minimum absolute atomic E-state index is 0.0613. The van der Waals surface area contributed by atoms with Crippen LogP contribution in [0.2, 0.25) is 0 Å². The van der Waals surface area contributed by atoms with Gasteiger partial charge in [-0.05, 0) is 37.0 Å². The van der Waals surface area contributed by atoms with Gasteiger partial charge in [-0.1, -0.05) is 30.8 Å². The van der Waals surface area contributed by atoms with Crippen molar-refractivity contribution in [1.82, 2.24) is 15.1 Å². The van der Waals surface area contributed by atoms with Crippen LogP contribution in [0.5, 0.6) is 0 Å². The number of benzene rings is 1. The molecule has 0 unspecified atom stereocenters. The lowest BCUT2D eigenvalue weighted by Gasteiger charge is -2.31. The van der Waals surface area contributed by atoms with Gasteiger partial charge in [-0.3, -0.25) is 14.4 Å². The zero-order valence-electron chi connectivity index (χ0n) is 15.1. The maximum atomic E-state index is 12.7. The van der Waals surface area contributed by atoms with Crippen molar-refractivity contribution in [3.63, 3.8) is 0 Å². The normalized spacial score (nSPS) is 18.2. The summed E-state index contributed by atoms with van der Waals surface area (Å²) in [7, 11) is 0. The van der Waals surface area contributed by atoms with E-state index in [1.54, 1.807) is 16.7 Å². The summed E-state index contributed by atoms with van der Waals surface area (Å²) in [5, 5.41) is 2.86. The van der Waals surface area contributed by atoms with Crippen molar-refractivity contribution >= 4 is 17.7 Å².